The number of fused-ring (bicyclic) bond motifs is 1. The molecule has 1 aliphatic heterocycles. The fourth-order valence-corrected chi connectivity index (χ4v) is 3.16. The zero-order chi connectivity index (χ0) is 15.9. The number of urea groups is 1. The second-order valence-corrected chi connectivity index (χ2v) is 6.25. The van der Waals surface area contributed by atoms with Gasteiger partial charge < -0.3 is 10.6 Å². The molecule has 1 aromatic heterocycles. The van der Waals surface area contributed by atoms with E-state index in [0.29, 0.717) is 16.6 Å². The van der Waals surface area contributed by atoms with E-state index in [9.17, 15) is 4.79 Å². The Morgan fingerprint density at radius 1 is 1.26 bits per heavy atom. The number of carbonyl (C=O) groups is 1. The van der Waals surface area contributed by atoms with Crippen LogP contribution in [0.4, 0.5) is 10.5 Å². The molecule has 5 heteroatoms. The summed E-state index contributed by atoms with van der Waals surface area (Å²) in [5.74, 6) is 6.69. The Kier molecular flexibility index (Phi) is 3.24. The van der Waals surface area contributed by atoms with Gasteiger partial charge in [0.2, 0.25) is 0 Å². The predicted molar refractivity (Wildman–Crippen MR) is 89.1 cm³/mol. The molecule has 2 amide bonds. The van der Waals surface area contributed by atoms with E-state index in [4.69, 9.17) is 11.6 Å². The number of hydrogen-bond acceptors (Lipinski definition) is 2. The van der Waals surface area contributed by atoms with Crippen LogP contribution < -0.4 is 10.6 Å². The van der Waals surface area contributed by atoms with E-state index in [-0.39, 0.29) is 6.03 Å². The van der Waals surface area contributed by atoms with Gasteiger partial charge in [0.25, 0.3) is 0 Å². The molecule has 1 atom stereocenters. The molecule has 0 bridgehead atoms. The number of pyridine rings is 1. The molecule has 1 aromatic carbocycles. The second-order valence-electron chi connectivity index (χ2n) is 5.82. The van der Waals surface area contributed by atoms with Gasteiger partial charge in [0.1, 0.15) is 11.2 Å². The van der Waals surface area contributed by atoms with Gasteiger partial charge in [0.05, 0.1) is 0 Å². The first-order valence-corrected chi connectivity index (χ1v) is 7.88. The van der Waals surface area contributed by atoms with Crippen molar-refractivity contribution in [2.75, 3.05) is 5.32 Å². The molecule has 2 aliphatic rings. The molecule has 0 spiro atoms. The van der Waals surface area contributed by atoms with E-state index in [0.717, 1.165) is 24.1 Å². The summed E-state index contributed by atoms with van der Waals surface area (Å²) in [7, 11) is 0. The van der Waals surface area contributed by atoms with Crippen molar-refractivity contribution in [2.45, 2.75) is 18.4 Å². The number of anilines is 1. The first-order valence-electron chi connectivity index (χ1n) is 7.51. The SMILES string of the molecule is O=C1Nc2ccc(Cl)cc2C(C#Cc2ccccn2)(C2CC2)N1. The number of rotatable bonds is 1. The molecule has 1 aliphatic carbocycles. The van der Waals surface area contributed by atoms with Crippen molar-refractivity contribution in [1.29, 1.82) is 0 Å². The molecule has 0 saturated heterocycles. The van der Waals surface area contributed by atoms with E-state index in [2.05, 4.69) is 27.5 Å². The Labute approximate surface area is 139 Å². The second kappa shape index (κ2) is 5.29. The zero-order valence-electron chi connectivity index (χ0n) is 12.3. The molecular formula is C18H14ClN3O. The van der Waals surface area contributed by atoms with Gasteiger partial charge in [-0.1, -0.05) is 23.6 Å². The Balaban J connectivity index is 1.87. The Morgan fingerprint density at radius 3 is 2.87 bits per heavy atom. The van der Waals surface area contributed by atoms with Crippen LogP contribution in [0.1, 0.15) is 24.1 Å². The van der Waals surface area contributed by atoms with Crippen LogP contribution in [0.3, 0.4) is 0 Å². The lowest BCUT2D eigenvalue weighted by Crippen LogP contribution is -2.52. The third-order valence-electron chi connectivity index (χ3n) is 4.21. The first kappa shape index (κ1) is 14.1. The molecule has 4 nitrogen and oxygen atoms in total. The maximum Gasteiger partial charge on any atom is 0.320 e. The molecule has 23 heavy (non-hydrogen) atoms. The normalized spacial score (nSPS) is 22.2. The highest BCUT2D eigenvalue weighted by atomic mass is 35.5. The molecule has 0 radical (unpaired) electrons. The molecule has 114 valence electrons. The van der Waals surface area contributed by atoms with Crippen molar-refractivity contribution in [3.8, 4) is 11.8 Å². The third kappa shape index (κ3) is 2.54. The summed E-state index contributed by atoms with van der Waals surface area (Å²) in [4.78, 5) is 16.4. The minimum Gasteiger partial charge on any atom is -0.317 e. The van der Waals surface area contributed by atoms with Crippen LogP contribution in [0.25, 0.3) is 0 Å². The van der Waals surface area contributed by atoms with E-state index < -0.39 is 5.54 Å². The summed E-state index contributed by atoms with van der Waals surface area (Å²) in [5, 5.41) is 6.50. The van der Waals surface area contributed by atoms with Crippen LogP contribution in [0.5, 0.6) is 0 Å². The molecule has 2 heterocycles. The minimum atomic E-state index is -0.708. The van der Waals surface area contributed by atoms with Gasteiger partial charge >= 0.3 is 6.03 Å². The largest absolute Gasteiger partial charge is 0.320 e. The standard InChI is InChI=1S/C18H14ClN3O/c19-13-6-7-16-15(11-13)18(12-4-5-12,22-17(23)21-16)9-8-14-3-1-2-10-20-14/h1-3,6-7,10-12H,4-5H2,(H2,21,22,23). The highest BCUT2D eigenvalue weighted by Crippen LogP contribution is 2.49. The molecule has 4 rings (SSSR count). The van der Waals surface area contributed by atoms with Crippen molar-refractivity contribution < 1.29 is 4.79 Å². The van der Waals surface area contributed by atoms with Crippen LogP contribution in [0.15, 0.2) is 42.6 Å². The van der Waals surface area contributed by atoms with Crippen LogP contribution in [0.2, 0.25) is 5.02 Å². The van der Waals surface area contributed by atoms with Gasteiger partial charge in [-0.25, -0.2) is 9.78 Å². The first-order chi connectivity index (χ1) is 11.2. The predicted octanol–water partition coefficient (Wildman–Crippen LogP) is 3.53. The number of hydrogen-bond donors (Lipinski definition) is 2. The number of nitrogens with one attached hydrogen (secondary N) is 2. The number of benzene rings is 1. The van der Waals surface area contributed by atoms with E-state index >= 15 is 0 Å². The van der Waals surface area contributed by atoms with Crippen molar-refractivity contribution in [1.82, 2.24) is 10.3 Å². The van der Waals surface area contributed by atoms with Gasteiger partial charge in [0.15, 0.2) is 0 Å². The van der Waals surface area contributed by atoms with E-state index in [1.54, 1.807) is 12.3 Å². The molecule has 2 N–H and O–H groups in total. The zero-order valence-corrected chi connectivity index (χ0v) is 13.0. The van der Waals surface area contributed by atoms with Gasteiger partial charge in [0, 0.05) is 22.5 Å². The van der Waals surface area contributed by atoms with Crippen molar-refractivity contribution >= 4 is 23.3 Å². The average Bonchev–Trinajstić information content (AvgIpc) is 3.39. The average molecular weight is 324 g/mol. The summed E-state index contributed by atoms with van der Waals surface area (Å²) >= 11 is 6.18. The third-order valence-corrected chi connectivity index (χ3v) is 4.44. The topological polar surface area (TPSA) is 54.0 Å². The number of nitrogens with zero attached hydrogens (tertiary/aromatic N) is 1. The Hall–Kier alpha value is -2.51. The van der Waals surface area contributed by atoms with Crippen LogP contribution >= 0.6 is 11.6 Å². The van der Waals surface area contributed by atoms with E-state index in [1.165, 1.54) is 0 Å². The summed E-state index contributed by atoms with van der Waals surface area (Å²) < 4.78 is 0. The number of aromatic nitrogens is 1. The van der Waals surface area contributed by atoms with E-state index in [1.807, 2.05) is 30.3 Å². The van der Waals surface area contributed by atoms with Crippen LogP contribution in [-0.2, 0) is 5.54 Å². The Morgan fingerprint density at radius 2 is 2.13 bits per heavy atom. The molecule has 1 unspecified atom stereocenters. The van der Waals surface area contributed by atoms with Gasteiger partial charge in [-0.15, -0.1) is 0 Å². The van der Waals surface area contributed by atoms with Crippen molar-refractivity contribution in [3.05, 3.63) is 58.9 Å². The molecule has 1 fully saturated rings. The number of amides is 2. The van der Waals surface area contributed by atoms with Crippen LogP contribution in [-0.4, -0.2) is 11.0 Å². The minimum absolute atomic E-state index is 0.234. The molecular weight excluding hydrogens is 310 g/mol. The van der Waals surface area contributed by atoms with Crippen LogP contribution in [0, 0.1) is 17.8 Å². The molecule has 2 aromatic rings. The molecule has 1 saturated carbocycles. The fraction of sp³-hybridized carbons (Fsp3) is 0.222. The number of carbonyl (C=O) groups excluding carboxylic acids is 1. The van der Waals surface area contributed by atoms with Gasteiger partial charge in [-0.05, 0) is 55.0 Å². The lowest BCUT2D eigenvalue weighted by atomic mass is 9.83. The number of halogens is 1. The smallest absolute Gasteiger partial charge is 0.317 e. The van der Waals surface area contributed by atoms with Gasteiger partial charge in [-0.3, -0.25) is 0 Å². The monoisotopic (exact) mass is 323 g/mol. The highest BCUT2D eigenvalue weighted by molar-refractivity contribution is 6.30. The fourth-order valence-electron chi connectivity index (χ4n) is 2.99. The summed E-state index contributed by atoms with van der Waals surface area (Å²) in [5.41, 5.74) is 1.67. The lowest BCUT2D eigenvalue weighted by Gasteiger charge is -2.36. The Bertz CT molecular complexity index is 836. The highest BCUT2D eigenvalue weighted by Gasteiger charge is 2.50. The summed E-state index contributed by atoms with van der Waals surface area (Å²) in [6.07, 6.45) is 3.77. The summed E-state index contributed by atoms with van der Waals surface area (Å²) in [6.45, 7) is 0. The van der Waals surface area contributed by atoms with Gasteiger partial charge in [-0.2, -0.15) is 0 Å². The maximum atomic E-state index is 12.1. The maximum absolute atomic E-state index is 12.1. The van der Waals surface area contributed by atoms with Crippen molar-refractivity contribution in [2.24, 2.45) is 5.92 Å². The summed E-state index contributed by atoms with van der Waals surface area (Å²) in [6, 6.07) is 10.9. The quantitative estimate of drug-likeness (QED) is 0.789. The van der Waals surface area contributed by atoms with Crippen molar-refractivity contribution in [3.63, 3.8) is 0 Å². The lowest BCUT2D eigenvalue weighted by molar-refractivity contribution is 0.238.